The average molecular weight is 432 g/mol. The van der Waals surface area contributed by atoms with Gasteiger partial charge in [-0.2, -0.15) is 18.3 Å². The van der Waals surface area contributed by atoms with Crippen molar-refractivity contribution in [2.24, 2.45) is 5.92 Å². The van der Waals surface area contributed by atoms with Crippen molar-refractivity contribution in [3.8, 4) is 0 Å². The highest BCUT2D eigenvalue weighted by Crippen LogP contribution is 2.42. The van der Waals surface area contributed by atoms with Crippen molar-refractivity contribution in [1.82, 2.24) is 29.4 Å². The number of nitrogens with zero attached hydrogens (tertiary/aromatic N) is 6. The SMILES string of the molecule is CC1CCc2c(sc3ncn4nc(Cn5nc(C(F)(F)F)cc5C5CC5)nc4c23)C1. The van der Waals surface area contributed by atoms with Crippen LogP contribution in [-0.4, -0.2) is 29.4 Å². The molecule has 6 rings (SSSR count). The van der Waals surface area contributed by atoms with Crippen LogP contribution in [-0.2, 0) is 25.6 Å². The second-order valence-electron chi connectivity index (χ2n) is 8.46. The van der Waals surface area contributed by atoms with E-state index in [1.807, 2.05) is 0 Å². The minimum atomic E-state index is -4.45. The molecule has 0 aliphatic heterocycles. The Morgan fingerprint density at radius 1 is 1.20 bits per heavy atom. The summed E-state index contributed by atoms with van der Waals surface area (Å²) in [7, 11) is 0. The maximum Gasteiger partial charge on any atom is 0.435 e. The molecule has 0 aromatic carbocycles. The predicted octanol–water partition coefficient (Wildman–Crippen LogP) is 4.60. The number of thiophene rings is 1. The van der Waals surface area contributed by atoms with E-state index in [0.717, 1.165) is 48.0 Å². The molecule has 1 fully saturated rings. The number of aryl methyl sites for hydroxylation is 1. The standard InChI is InChI=1S/C20H19F3N6S/c1-10-2-5-12-14(6-10)30-19-17(12)18-25-16(27-29(18)9-24-19)8-28-13(11-3-4-11)7-15(26-28)20(21,22)23/h7,9-11H,2-6,8H2,1H3. The lowest BCUT2D eigenvalue weighted by molar-refractivity contribution is -0.141. The van der Waals surface area contributed by atoms with E-state index >= 15 is 0 Å². The highest BCUT2D eigenvalue weighted by Gasteiger charge is 2.38. The van der Waals surface area contributed by atoms with Crippen LogP contribution in [0.5, 0.6) is 0 Å². The molecule has 30 heavy (non-hydrogen) atoms. The third-order valence-corrected chi connectivity index (χ3v) is 7.23. The summed E-state index contributed by atoms with van der Waals surface area (Å²) in [6.07, 6.45) is 2.17. The summed E-state index contributed by atoms with van der Waals surface area (Å²) in [4.78, 5) is 11.6. The van der Waals surface area contributed by atoms with Crippen LogP contribution < -0.4 is 0 Å². The fourth-order valence-corrected chi connectivity index (χ4v) is 5.73. The molecule has 0 spiro atoms. The van der Waals surface area contributed by atoms with E-state index in [-0.39, 0.29) is 12.5 Å². The Kier molecular flexibility index (Phi) is 3.82. The van der Waals surface area contributed by atoms with E-state index in [9.17, 15) is 13.2 Å². The molecule has 0 saturated heterocycles. The summed E-state index contributed by atoms with van der Waals surface area (Å²) < 4.78 is 42.6. The first kappa shape index (κ1) is 18.3. The number of aromatic nitrogens is 6. The van der Waals surface area contributed by atoms with Gasteiger partial charge in [-0.15, -0.1) is 16.4 Å². The van der Waals surface area contributed by atoms with Gasteiger partial charge in [0.2, 0.25) is 0 Å². The Morgan fingerprint density at radius 3 is 2.80 bits per heavy atom. The lowest BCUT2D eigenvalue weighted by Gasteiger charge is -2.17. The van der Waals surface area contributed by atoms with Gasteiger partial charge in [0, 0.05) is 16.5 Å². The zero-order chi connectivity index (χ0) is 20.6. The van der Waals surface area contributed by atoms with Crippen molar-refractivity contribution in [3.05, 3.63) is 40.0 Å². The van der Waals surface area contributed by atoms with Crippen molar-refractivity contribution in [2.45, 2.75) is 57.7 Å². The van der Waals surface area contributed by atoms with E-state index in [1.165, 1.54) is 21.2 Å². The summed E-state index contributed by atoms with van der Waals surface area (Å²) in [5, 5.41) is 9.37. The van der Waals surface area contributed by atoms with E-state index in [2.05, 4.69) is 22.1 Å². The predicted molar refractivity (Wildman–Crippen MR) is 106 cm³/mol. The molecule has 6 nitrogen and oxygen atoms in total. The van der Waals surface area contributed by atoms with Crippen LogP contribution >= 0.6 is 11.3 Å². The Hall–Kier alpha value is -2.49. The van der Waals surface area contributed by atoms with Gasteiger partial charge in [-0.05, 0) is 49.7 Å². The zero-order valence-corrected chi connectivity index (χ0v) is 17.1. The van der Waals surface area contributed by atoms with Crippen LogP contribution in [0.1, 0.15) is 59.8 Å². The van der Waals surface area contributed by atoms with Crippen LogP contribution in [0, 0.1) is 5.92 Å². The molecule has 10 heteroatoms. The molecule has 1 saturated carbocycles. The van der Waals surface area contributed by atoms with E-state index in [4.69, 9.17) is 4.98 Å². The van der Waals surface area contributed by atoms with Crippen LogP contribution in [0.4, 0.5) is 13.2 Å². The molecule has 4 aromatic rings. The smallest absolute Gasteiger partial charge is 0.261 e. The molecule has 2 aliphatic carbocycles. The third kappa shape index (κ3) is 2.91. The molecular weight excluding hydrogens is 413 g/mol. The molecule has 0 bridgehead atoms. The summed E-state index contributed by atoms with van der Waals surface area (Å²) in [5.41, 5.74) is 1.81. The number of hydrogen-bond acceptors (Lipinski definition) is 5. The first-order valence-corrected chi connectivity index (χ1v) is 11.0. The van der Waals surface area contributed by atoms with Gasteiger partial charge in [-0.1, -0.05) is 6.92 Å². The monoisotopic (exact) mass is 432 g/mol. The minimum absolute atomic E-state index is 0.119. The Bertz CT molecular complexity index is 1280. The van der Waals surface area contributed by atoms with Gasteiger partial charge in [0.15, 0.2) is 17.2 Å². The van der Waals surface area contributed by atoms with Crippen molar-refractivity contribution < 1.29 is 13.2 Å². The van der Waals surface area contributed by atoms with E-state index < -0.39 is 11.9 Å². The van der Waals surface area contributed by atoms with Gasteiger partial charge in [-0.3, -0.25) is 4.68 Å². The molecule has 156 valence electrons. The Balaban J connectivity index is 1.43. The molecule has 0 radical (unpaired) electrons. The number of fused-ring (bicyclic) bond motifs is 5. The average Bonchev–Trinajstić information content (AvgIpc) is 3.14. The molecule has 1 atom stereocenters. The molecule has 2 aliphatic rings. The highest BCUT2D eigenvalue weighted by molar-refractivity contribution is 7.19. The number of alkyl halides is 3. The highest BCUT2D eigenvalue weighted by atomic mass is 32.1. The van der Waals surface area contributed by atoms with Crippen LogP contribution in [0.25, 0.3) is 15.9 Å². The number of halogens is 3. The van der Waals surface area contributed by atoms with Gasteiger partial charge < -0.3 is 0 Å². The summed E-state index contributed by atoms with van der Waals surface area (Å²) in [6, 6.07) is 1.17. The lowest BCUT2D eigenvalue weighted by atomic mass is 9.89. The second-order valence-corrected chi connectivity index (χ2v) is 9.54. The normalized spacial score (nSPS) is 19.7. The Labute approximate surface area is 173 Å². The van der Waals surface area contributed by atoms with Gasteiger partial charge in [0.1, 0.15) is 17.7 Å². The third-order valence-electron chi connectivity index (χ3n) is 6.06. The van der Waals surface area contributed by atoms with Gasteiger partial charge in [0.25, 0.3) is 0 Å². The molecule has 4 heterocycles. The largest absolute Gasteiger partial charge is 0.435 e. The molecule has 0 N–H and O–H groups in total. The maximum absolute atomic E-state index is 13.2. The number of hydrogen-bond donors (Lipinski definition) is 0. The van der Waals surface area contributed by atoms with Gasteiger partial charge >= 0.3 is 6.18 Å². The van der Waals surface area contributed by atoms with Crippen LogP contribution in [0.2, 0.25) is 0 Å². The fourth-order valence-electron chi connectivity index (χ4n) is 4.39. The zero-order valence-electron chi connectivity index (χ0n) is 16.3. The molecule has 0 amide bonds. The van der Waals surface area contributed by atoms with Gasteiger partial charge in [0.05, 0.1) is 5.39 Å². The first-order chi connectivity index (χ1) is 14.4. The topological polar surface area (TPSA) is 60.9 Å². The first-order valence-electron chi connectivity index (χ1n) is 10.2. The number of rotatable bonds is 3. The van der Waals surface area contributed by atoms with Crippen molar-refractivity contribution in [3.63, 3.8) is 0 Å². The van der Waals surface area contributed by atoms with E-state index in [1.54, 1.807) is 22.2 Å². The summed E-state index contributed by atoms with van der Waals surface area (Å²) in [6.45, 7) is 2.39. The van der Waals surface area contributed by atoms with E-state index in [0.29, 0.717) is 17.4 Å². The molecule has 1 unspecified atom stereocenters. The van der Waals surface area contributed by atoms with Crippen molar-refractivity contribution in [1.29, 1.82) is 0 Å². The van der Waals surface area contributed by atoms with Crippen molar-refractivity contribution >= 4 is 27.2 Å². The Morgan fingerprint density at radius 2 is 2.03 bits per heavy atom. The molecule has 4 aromatic heterocycles. The van der Waals surface area contributed by atoms with Crippen LogP contribution in [0.3, 0.4) is 0 Å². The van der Waals surface area contributed by atoms with Crippen LogP contribution in [0.15, 0.2) is 12.4 Å². The van der Waals surface area contributed by atoms with Crippen molar-refractivity contribution in [2.75, 3.05) is 0 Å². The van der Waals surface area contributed by atoms with Gasteiger partial charge in [-0.25, -0.2) is 14.5 Å². The lowest BCUT2D eigenvalue weighted by Crippen LogP contribution is -2.10. The summed E-state index contributed by atoms with van der Waals surface area (Å²) >= 11 is 1.72. The maximum atomic E-state index is 13.2. The fraction of sp³-hybridized carbons (Fsp3) is 0.500. The second kappa shape index (κ2) is 6.26. The summed E-state index contributed by atoms with van der Waals surface area (Å²) in [5.74, 6) is 1.26. The quantitative estimate of drug-likeness (QED) is 0.475. The molecular formula is C20H19F3N6S. The minimum Gasteiger partial charge on any atom is -0.261 e.